The highest BCUT2D eigenvalue weighted by Gasteiger charge is 2.39. The summed E-state index contributed by atoms with van der Waals surface area (Å²) in [6.45, 7) is 0.731. The normalized spacial score (nSPS) is 21.2. The van der Waals surface area contributed by atoms with Gasteiger partial charge in [0.2, 0.25) is 0 Å². The third-order valence-electron chi connectivity index (χ3n) is 4.63. The van der Waals surface area contributed by atoms with Crippen LogP contribution in [0.25, 0.3) is 0 Å². The maximum Gasteiger partial charge on any atom is 0.416 e. The lowest BCUT2D eigenvalue weighted by Crippen LogP contribution is -2.46. The van der Waals surface area contributed by atoms with Crippen LogP contribution in [0.2, 0.25) is 0 Å². The Bertz CT molecular complexity index is 826. The van der Waals surface area contributed by atoms with Crippen LogP contribution in [-0.2, 0) is 12.7 Å². The first-order valence-corrected chi connectivity index (χ1v) is 7.46. The van der Waals surface area contributed by atoms with Gasteiger partial charge >= 0.3 is 6.18 Å². The van der Waals surface area contributed by atoms with Crippen LogP contribution in [0.4, 0.5) is 13.2 Å². The van der Waals surface area contributed by atoms with Gasteiger partial charge in [-0.25, -0.2) is 0 Å². The van der Waals surface area contributed by atoms with E-state index in [0.29, 0.717) is 23.4 Å². The second kappa shape index (κ2) is 6.00. The molecule has 134 valence electrons. The lowest BCUT2D eigenvalue weighted by Gasteiger charge is -2.39. The minimum atomic E-state index is -4.42. The molecule has 0 spiro atoms. The van der Waals surface area contributed by atoms with E-state index in [-0.39, 0.29) is 42.5 Å². The number of aromatic hydroxyl groups is 2. The fourth-order valence-corrected chi connectivity index (χ4v) is 3.46. The highest BCUT2D eigenvalue weighted by atomic mass is 35.5. The van der Waals surface area contributed by atoms with Crippen LogP contribution in [0.15, 0.2) is 30.3 Å². The van der Waals surface area contributed by atoms with Crippen molar-refractivity contribution in [3.05, 3.63) is 52.6 Å². The van der Waals surface area contributed by atoms with Gasteiger partial charge in [0.05, 0.1) is 11.6 Å². The number of rotatable bonds is 0. The molecule has 2 aromatic rings. The van der Waals surface area contributed by atoms with E-state index < -0.39 is 11.7 Å². The zero-order chi connectivity index (χ0) is 17.1. The molecule has 0 saturated heterocycles. The highest BCUT2D eigenvalue weighted by Crippen LogP contribution is 2.46. The molecule has 2 heterocycles. The van der Waals surface area contributed by atoms with Crippen molar-refractivity contribution in [3.63, 3.8) is 0 Å². The number of phenols is 2. The average molecular weight is 374 g/mol. The van der Waals surface area contributed by atoms with Crippen molar-refractivity contribution >= 4 is 12.4 Å². The summed E-state index contributed by atoms with van der Waals surface area (Å²) in [5, 5.41) is 22.7. The van der Waals surface area contributed by atoms with Crippen LogP contribution in [-0.4, -0.2) is 22.9 Å². The molecular formula is C17H15ClF3NO3. The fourth-order valence-electron chi connectivity index (χ4n) is 3.46. The number of nitrogens with one attached hydrogen (secondary N) is 1. The molecule has 8 heteroatoms. The van der Waals surface area contributed by atoms with E-state index in [1.54, 1.807) is 0 Å². The van der Waals surface area contributed by atoms with Gasteiger partial charge in [0, 0.05) is 24.1 Å². The van der Waals surface area contributed by atoms with Crippen molar-refractivity contribution in [3.8, 4) is 17.2 Å². The number of ether oxygens (including phenoxy) is 1. The number of fused-ring (bicyclic) bond motifs is 5. The van der Waals surface area contributed by atoms with E-state index >= 15 is 0 Å². The third kappa shape index (κ3) is 2.87. The van der Waals surface area contributed by atoms with Gasteiger partial charge in [-0.1, -0.05) is 6.07 Å². The molecule has 0 fully saturated rings. The average Bonchev–Trinajstić information content (AvgIpc) is 2.54. The molecule has 0 unspecified atom stereocenters. The van der Waals surface area contributed by atoms with Crippen molar-refractivity contribution < 1.29 is 28.1 Å². The van der Waals surface area contributed by atoms with Gasteiger partial charge in [-0.15, -0.1) is 12.4 Å². The maximum atomic E-state index is 13.1. The Labute approximate surface area is 147 Å². The molecule has 0 aromatic heterocycles. The molecule has 0 bridgehead atoms. The molecule has 0 radical (unpaired) electrons. The van der Waals surface area contributed by atoms with E-state index in [2.05, 4.69) is 5.32 Å². The number of hydrogen-bond acceptors (Lipinski definition) is 4. The van der Waals surface area contributed by atoms with Gasteiger partial charge in [-0.3, -0.25) is 0 Å². The number of halogens is 4. The zero-order valence-electron chi connectivity index (χ0n) is 12.8. The van der Waals surface area contributed by atoms with Gasteiger partial charge in [0.15, 0.2) is 11.5 Å². The summed E-state index contributed by atoms with van der Waals surface area (Å²) >= 11 is 0. The molecule has 0 aliphatic carbocycles. The van der Waals surface area contributed by atoms with Crippen LogP contribution in [0.1, 0.15) is 28.2 Å². The molecule has 2 aromatic carbocycles. The SMILES string of the molecule is Cl.Oc1cc2c(cc1O)[C@H]1c3cc(C(F)(F)F)ccc3CN[C@@H]1CO2. The molecule has 4 nitrogen and oxygen atoms in total. The Morgan fingerprint density at radius 2 is 1.76 bits per heavy atom. The summed E-state index contributed by atoms with van der Waals surface area (Å²) in [6.07, 6.45) is -4.42. The molecular weight excluding hydrogens is 359 g/mol. The van der Waals surface area contributed by atoms with Crippen molar-refractivity contribution in [2.75, 3.05) is 6.61 Å². The molecule has 2 aliphatic heterocycles. The summed E-state index contributed by atoms with van der Waals surface area (Å²) < 4.78 is 44.8. The second-order valence-corrected chi connectivity index (χ2v) is 6.07. The quantitative estimate of drug-likeness (QED) is 0.618. The third-order valence-corrected chi connectivity index (χ3v) is 4.63. The van der Waals surface area contributed by atoms with Gasteiger partial charge in [-0.2, -0.15) is 13.2 Å². The van der Waals surface area contributed by atoms with E-state index in [1.165, 1.54) is 24.3 Å². The van der Waals surface area contributed by atoms with E-state index in [0.717, 1.165) is 11.6 Å². The van der Waals surface area contributed by atoms with Crippen LogP contribution < -0.4 is 10.1 Å². The topological polar surface area (TPSA) is 61.7 Å². The monoisotopic (exact) mass is 373 g/mol. The Kier molecular flexibility index (Phi) is 4.25. The van der Waals surface area contributed by atoms with Crippen molar-refractivity contribution in [2.24, 2.45) is 0 Å². The second-order valence-electron chi connectivity index (χ2n) is 6.07. The molecule has 25 heavy (non-hydrogen) atoms. The summed E-state index contributed by atoms with van der Waals surface area (Å²) in [4.78, 5) is 0. The standard InChI is InChI=1S/C17H14F3NO3.ClH/c18-17(19,20)9-2-1-8-6-21-12-7-24-15-5-14(23)13(22)4-11(15)16(12)10(8)3-9;/h1-5,12,16,21-23H,6-7H2;1H/t12-,16-;/m1./s1. The first-order chi connectivity index (χ1) is 11.3. The predicted molar refractivity (Wildman–Crippen MR) is 86.4 cm³/mol. The lowest BCUT2D eigenvalue weighted by atomic mass is 9.78. The van der Waals surface area contributed by atoms with Crippen LogP contribution in [0.5, 0.6) is 17.2 Å². The van der Waals surface area contributed by atoms with Crippen LogP contribution >= 0.6 is 12.4 Å². The maximum absolute atomic E-state index is 13.1. The summed E-state index contributed by atoms with van der Waals surface area (Å²) in [5.41, 5.74) is 1.22. The Morgan fingerprint density at radius 3 is 2.48 bits per heavy atom. The van der Waals surface area contributed by atoms with Crippen LogP contribution in [0, 0.1) is 0 Å². The first-order valence-electron chi connectivity index (χ1n) is 7.46. The minimum absolute atomic E-state index is 0. The van der Waals surface area contributed by atoms with E-state index in [4.69, 9.17) is 4.74 Å². The summed E-state index contributed by atoms with van der Waals surface area (Å²) in [6, 6.07) is 6.19. The lowest BCUT2D eigenvalue weighted by molar-refractivity contribution is -0.137. The summed E-state index contributed by atoms with van der Waals surface area (Å²) in [7, 11) is 0. The Balaban J connectivity index is 0.00000182. The molecule has 4 rings (SSSR count). The van der Waals surface area contributed by atoms with Gasteiger partial charge in [0.25, 0.3) is 0 Å². The number of benzene rings is 2. The van der Waals surface area contributed by atoms with Gasteiger partial charge in [0.1, 0.15) is 12.4 Å². The largest absolute Gasteiger partial charge is 0.504 e. The number of hydrogen-bond donors (Lipinski definition) is 3. The molecule has 2 aliphatic rings. The van der Waals surface area contributed by atoms with Gasteiger partial charge < -0.3 is 20.3 Å². The van der Waals surface area contributed by atoms with Crippen molar-refractivity contribution in [1.29, 1.82) is 0 Å². The van der Waals surface area contributed by atoms with E-state index in [1.807, 2.05) is 0 Å². The number of alkyl halides is 3. The Morgan fingerprint density at radius 1 is 1.04 bits per heavy atom. The summed E-state index contributed by atoms with van der Waals surface area (Å²) in [5.74, 6) is -0.651. The molecule has 0 amide bonds. The van der Waals surface area contributed by atoms with Crippen molar-refractivity contribution in [2.45, 2.75) is 24.7 Å². The molecule has 2 atom stereocenters. The number of phenolic OH excluding ortho intramolecular Hbond substituents is 2. The van der Waals surface area contributed by atoms with Gasteiger partial charge in [-0.05, 0) is 29.3 Å². The Hall–Kier alpha value is -2.12. The molecule has 3 N–H and O–H groups in total. The van der Waals surface area contributed by atoms with Crippen LogP contribution in [0.3, 0.4) is 0 Å². The zero-order valence-corrected chi connectivity index (χ0v) is 13.6. The highest BCUT2D eigenvalue weighted by molar-refractivity contribution is 5.85. The minimum Gasteiger partial charge on any atom is -0.504 e. The fraction of sp³-hybridized carbons (Fsp3) is 0.294. The first kappa shape index (κ1) is 17.7. The van der Waals surface area contributed by atoms with E-state index in [9.17, 15) is 23.4 Å². The van der Waals surface area contributed by atoms with Crippen molar-refractivity contribution in [1.82, 2.24) is 5.32 Å². The smallest absolute Gasteiger partial charge is 0.416 e. The predicted octanol–water partition coefficient (Wildman–Crippen LogP) is 3.53. The molecule has 0 saturated carbocycles.